The molecule has 0 aliphatic heterocycles. The fraction of sp³-hybridized carbons (Fsp3) is 0.488. The van der Waals surface area contributed by atoms with Gasteiger partial charge in [0.05, 0.1) is 0 Å². The standard InChI is InChI=1S/C25H25.C13H19.C3H6.2ClH.Zr/c1-14-12-24(3,4)22-8-16-7-17-9-23-19(15(2)13-25(23,5)6)11-21(17)20(16)10-18(14)22;1-11-6-7-12(10-11)13(2)8-4-3-5-9-13;1-3-2;;;/h7-13H,1-6H3;7,10-11H,3-5,8-9H2,1-2H3;1-2H3;2*1H;/q;;;;;+2/p-2. The van der Waals surface area contributed by atoms with Crippen LogP contribution < -0.4 is 24.8 Å². The van der Waals surface area contributed by atoms with Crippen molar-refractivity contribution in [2.75, 3.05) is 0 Å². The molecule has 0 N–H and O–H groups in total. The zero-order valence-corrected chi connectivity index (χ0v) is 32.5. The molecule has 1 saturated carbocycles. The summed E-state index contributed by atoms with van der Waals surface area (Å²) in [6, 6.07) is 10.6. The Morgan fingerprint density at radius 3 is 1.64 bits per heavy atom. The van der Waals surface area contributed by atoms with Crippen molar-refractivity contribution in [3.8, 4) is 11.1 Å². The Hall–Kier alpha value is -1.27. The van der Waals surface area contributed by atoms with E-state index in [-0.39, 0.29) is 35.6 Å². The predicted molar refractivity (Wildman–Crippen MR) is 180 cm³/mol. The molecule has 0 heterocycles. The third-order valence-electron chi connectivity index (χ3n) is 11.7. The van der Waals surface area contributed by atoms with Gasteiger partial charge in [0.25, 0.3) is 0 Å². The van der Waals surface area contributed by atoms with Crippen LogP contribution >= 0.6 is 0 Å². The van der Waals surface area contributed by atoms with E-state index in [1.54, 1.807) is 31.0 Å². The normalized spacial score (nSPS) is 23.0. The van der Waals surface area contributed by atoms with E-state index in [0.717, 1.165) is 0 Å². The minimum atomic E-state index is -2.36. The Labute approximate surface area is 287 Å². The average molecular weight is 705 g/mol. The molecule has 0 radical (unpaired) electrons. The van der Waals surface area contributed by atoms with Crippen LogP contribution in [0.25, 0.3) is 22.3 Å². The van der Waals surface area contributed by atoms with Gasteiger partial charge in [0.2, 0.25) is 0 Å². The summed E-state index contributed by atoms with van der Waals surface area (Å²) in [6.45, 7) is 24.4. The van der Waals surface area contributed by atoms with Gasteiger partial charge in [-0.15, -0.1) is 0 Å². The van der Waals surface area contributed by atoms with Crippen molar-refractivity contribution >= 4 is 14.4 Å². The summed E-state index contributed by atoms with van der Waals surface area (Å²) in [4.78, 5) is 0. The Balaban J connectivity index is 0.00000192. The van der Waals surface area contributed by atoms with Gasteiger partial charge in [0.15, 0.2) is 0 Å². The Bertz CT molecular complexity index is 1630. The first-order chi connectivity index (χ1) is 19.7. The average Bonchev–Trinajstić information content (AvgIpc) is 3.58. The van der Waals surface area contributed by atoms with Gasteiger partial charge in [-0.1, -0.05) is 0 Å². The largest absolute Gasteiger partial charge is 1.00 e. The van der Waals surface area contributed by atoms with Crippen LogP contribution in [0.1, 0.15) is 138 Å². The monoisotopic (exact) mass is 702 g/mol. The van der Waals surface area contributed by atoms with Crippen molar-refractivity contribution in [3.63, 3.8) is 0 Å². The molecule has 1 fully saturated rings. The van der Waals surface area contributed by atoms with E-state index in [2.05, 4.69) is 118 Å². The molecule has 232 valence electrons. The summed E-state index contributed by atoms with van der Waals surface area (Å²) in [5.41, 5.74) is 17.5. The number of hydrogen-bond acceptors (Lipinski definition) is 0. The predicted octanol–water partition coefficient (Wildman–Crippen LogP) is 5.41. The third-order valence-corrected chi connectivity index (χ3v) is 20.3. The molecule has 0 spiro atoms. The van der Waals surface area contributed by atoms with Crippen LogP contribution in [-0.2, 0) is 32.1 Å². The van der Waals surface area contributed by atoms with E-state index in [1.165, 1.54) is 65.5 Å². The molecular formula is C41H50Cl2Zr. The minimum Gasteiger partial charge on any atom is -1.00 e. The van der Waals surface area contributed by atoms with Crippen LogP contribution in [0, 0.1) is 11.3 Å². The molecular weight excluding hydrogens is 655 g/mol. The van der Waals surface area contributed by atoms with Gasteiger partial charge in [-0.25, -0.2) is 0 Å². The first-order valence-corrected chi connectivity index (χ1v) is 20.5. The van der Waals surface area contributed by atoms with E-state index in [0.29, 0.717) is 15.0 Å². The molecule has 5 aliphatic rings. The molecule has 0 aromatic heterocycles. The van der Waals surface area contributed by atoms with Crippen molar-refractivity contribution in [1.82, 2.24) is 0 Å². The zero-order chi connectivity index (χ0) is 29.9. The second-order valence-electron chi connectivity index (χ2n) is 16.0. The van der Waals surface area contributed by atoms with E-state index in [1.807, 2.05) is 3.28 Å². The maximum absolute atomic E-state index is 2.77. The fourth-order valence-electron chi connectivity index (χ4n) is 9.54. The van der Waals surface area contributed by atoms with Crippen LogP contribution in [0.3, 0.4) is 0 Å². The van der Waals surface area contributed by atoms with Gasteiger partial charge in [0.1, 0.15) is 0 Å². The van der Waals surface area contributed by atoms with Crippen LogP contribution in [-0.4, -0.2) is 3.21 Å². The van der Waals surface area contributed by atoms with Crippen LogP contribution in [0.15, 0.2) is 57.4 Å². The zero-order valence-electron chi connectivity index (χ0n) is 28.6. The third kappa shape index (κ3) is 5.06. The minimum absolute atomic E-state index is 0. The van der Waals surface area contributed by atoms with E-state index in [9.17, 15) is 0 Å². The number of allylic oxidation sites excluding steroid dienone is 8. The van der Waals surface area contributed by atoms with E-state index >= 15 is 0 Å². The maximum atomic E-state index is 2.77. The summed E-state index contributed by atoms with van der Waals surface area (Å²) < 4.78 is 4.13. The van der Waals surface area contributed by atoms with Crippen molar-refractivity contribution in [1.29, 1.82) is 0 Å². The molecule has 0 amide bonds. The first kappa shape index (κ1) is 34.1. The summed E-state index contributed by atoms with van der Waals surface area (Å²) in [5.74, 6) is 0.570. The molecule has 5 aliphatic carbocycles. The van der Waals surface area contributed by atoms with Gasteiger partial charge in [-0.3, -0.25) is 0 Å². The number of benzene rings is 2. The Kier molecular flexibility index (Phi) is 8.88. The molecule has 3 heteroatoms. The van der Waals surface area contributed by atoms with Crippen molar-refractivity contribution in [2.24, 2.45) is 11.3 Å². The molecule has 7 rings (SSSR count). The topological polar surface area (TPSA) is 0 Å². The Morgan fingerprint density at radius 2 is 1.18 bits per heavy atom. The molecule has 1 atom stereocenters. The maximum Gasteiger partial charge on any atom is -1.00 e. The van der Waals surface area contributed by atoms with Gasteiger partial charge < -0.3 is 24.8 Å². The second-order valence-corrected chi connectivity index (χ2v) is 23.4. The van der Waals surface area contributed by atoms with Crippen molar-refractivity contribution in [3.05, 3.63) is 90.8 Å². The number of rotatable bonds is 3. The smallest absolute Gasteiger partial charge is 1.00 e. The number of halogens is 2. The van der Waals surface area contributed by atoms with Gasteiger partial charge >= 0.3 is 265 Å². The molecule has 2 aromatic rings. The second kappa shape index (κ2) is 11.5. The molecule has 0 nitrogen and oxygen atoms in total. The van der Waals surface area contributed by atoms with E-state index in [4.69, 9.17) is 0 Å². The Morgan fingerprint density at radius 1 is 0.705 bits per heavy atom. The molecule has 44 heavy (non-hydrogen) atoms. The SMILES string of the molecule is CC1=CC(C)(C)c2cc3c(cc21)-c1cc2c(cc1[CH]3[Zr+2]([C]1=CC(C3(C)CCCCC3)=CC1C)=[C](C)C)C(C)(C)C=C2C.[Cl-].[Cl-]. The van der Waals surface area contributed by atoms with Crippen LogP contribution in [0.4, 0.5) is 0 Å². The first-order valence-electron chi connectivity index (χ1n) is 16.6. The van der Waals surface area contributed by atoms with Crippen LogP contribution in [0.2, 0.25) is 0 Å². The fourth-order valence-corrected chi connectivity index (χ4v) is 18.1. The van der Waals surface area contributed by atoms with E-state index < -0.39 is 21.3 Å². The van der Waals surface area contributed by atoms with Crippen LogP contribution in [0.5, 0.6) is 0 Å². The molecule has 1 unspecified atom stereocenters. The molecule has 0 bridgehead atoms. The summed E-state index contributed by atoms with van der Waals surface area (Å²) in [5, 5.41) is 0. The van der Waals surface area contributed by atoms with Gasteiger partial charge in [-0.2, -0.15) is 0 Å². The van der Waals surface area contributed by atoms with Crippen molar-refractivity contribution in [2.45, 2.75) is 116 Å². The van der Waals surface area contributed by atoms with Gasteiger partial charge in [0, 0.05) is 0 Å². The number of fused-ring (bicyclic) bond motifs is 5. The number of hydrogen-bond donors (Lipinski definition) is 0. The molecule has 2 aromatic carbocycles. The van der Waals surface area contributed by atoms with Gasteiger partial charge in [-0.05, 0) is 0 Å². The van der Waals surface area contributed by atoms with Crippen molar-refractivity contribution < 1.29 is 46.1 Å². The summed E-state index contributed by atoms with van der Waals surface area (Å²) in [6.07, 6.45) is 17.4. The quantitative estimate of drug-likeness (QED) is 0.401. The summed E-state index contributed by atoms with van der Waals surface area (Å²) in [7, 11) is 0. The molecule has 0 saturated heterocycles. The summed E-state index contributed by atoms with van der Waals surface area (Å²) >= 11 is -2.36.